The Bertz CT molecular complexity index is 1220. The van der Waals surface area contributed by atoms with Crippen molar-refractivity contribution < 1.29 is 4.74 Å². The Morgan fingerprint density at radius 1 is 0.879 bits per heavy atom. The Morgan fingerprint density at radius 3 is 2.18 bits per heavy atom. The SMILES string of the molecule is CCc1ccc(OCCCSc2nc(-c3ccccc3)cc(-c3ccccc3)c2C#N)cc1. The number of nitriles is 1. The number of ether oxygens (including phenoxy) is 1. The summed E-state index contributed by atoms with van der Waals surface area (Å²) in [5, 5.41) is 10.8. The van der Waals surface area contributed by atoms with Gasteiger partial charge in [-0.25, -0.2) is 4.98 Å². The molecule has 33 heavy (non-hydrogen) atoms. The summed E-state index contributed by atoms with van der Waals surface area (Å²) < 4.78 is 5.89. The first-order valence-electron chi connectivity index (χ1n) is 11.2. The van der Waals surface area contributed by atoms with E-state index in [-0.39, 0.29) is 0 Å². The van der Waals surface area contributed by atoms with Crippen LogP contribution in [0.15, 0.2) is 96.0 Å². The van der Waals surface area contributed by atoms with Crippen LogP contribution in [0.2, 0.25) is 0 Å². The fourth-order valence-corrected chi connectivity index (χ4v) is 4.49. The van der Waals surface area contributed by atoms with Gasteiger partial charge in [-0.15, -0.1) is 11.8 Å². The smallest absolute Gasteiger partial charge is 0.119 e. The van der Waals surface area contributed by atoms with E-state index >= 15 is 0 Å². The lowest BCUT2D eigenvalue weighted by Crippen LogP contribution is -2.00. The standard InChI is InChI=1S/C29H26N2OS/c1-2-22-14-16-25(17-15-22)32-18-9-19-33-29-27(21-30)26(23-10-5-3-6-11-23)20-28(31-29)24-12-7-4-8-13-24/h3-8,10-17,20H,2,9,18-19H2,1H3. The Hall–Kier alpha value is -3.55. The molecule has 0 aliphatic heterocycles. The van der Waals surface area contributed by atoms with Crippen molar-refractivity contribution in [1.29, 1.82) is 5.26 Å². The lowest BCUT2D eigenvalue weighted by Gasteiger charge is -2.13. The molecule has 4 rings (SSSR count). The van der Waals surface area contributed by atoms with Crippen LogP contribution in [-0.4, -0.2) is 17.3 Å². The van der Waals surface area contributed by atoms with Crippen LogP contribution in [0.4, 0.5) is 0 Å². The second kappa shape index (κ2) is 11.4. The third-order valence-electron chi connectivity index (χ3n) is 5.38. The van der Waals surface area contributed by atoms with E-state index in [1.807, 2.05) is 66.7 Å². The molecule has 0 fully saturated rings. The van der Waals surface area contributed by atoms with E-state index < -0.39 is 0 Å². The summed E-state index contributed by atoms with van der Waals surface area (Å²) in [6.45, 7) is 2.77. The minimum absolute atomic E-state index is 0.627. The predicted molar refractivity (Wildman–Crippen MR) is 136 cm³/mol. The minimum atomic E-state index is 0.627. The molecule has 0 aliphatic rings. The van der Waals surface area contributed by atoms with E-state index in [2.05, 4.69) is 37.3 Å². The van der Waals surface area contributed by atoms with Gasteiger partial charge in [0.15, 0.2) is 0 Å². The van der Waals surface area contributed by atoms with Gasteiger partial charge in [0.05, 0.1) is 17.9 Å². The summed E-state index contributed by atoms with van der Waals surface area (Å²) in [6.07, 6.45) is 1.89. The maximum Gasteiger partial charge on any atom is 0.119 e. The third kappa shape index (κ3) is 5.83. The summed E-state index contributed by atoms with van der Waals surface area (Å²) in [4.78, 5) is 4.87. The molecule has 1 aromatic heterocycles. The van der Waals surface area contributed by atoms with Crippen LogP contribution < -0.4 is 4.74 Å². The number of pyridine rings is 1. The van der Waals surface area contributed by atoms with Crippen LogP contribution in [0, 0.1) is 11.3 Å². The predicted octanol–water partition coefficient (Wildman–Crippen LogP) is 7.41. The first-order chi connectivity index (χ1) is 16.3. The van der Waals surface area contributed by atoms with Crippen molar-refractivity contribution in [3.8, 4) is 34.2 Å². The number of hydrogen-bond donors (Lipinski definition) is 0. The molecule has 0 N–H and O–H groups in total. The molecule has 0 bridgehead atoms. The molecule has 0 radical (unpaired) electrons. The molecule has 0 unspecified atom stereocenters. The summed E-state index contributed by atoms with van der Waals surface area (Å²) in [5.74, 6) is 1.71. The summed E-state index contributed by atoms with van der Waals surface area (Å²) in [6, 6.07) is 32.9. The molecule has 0 atom stereocenters. The normalized spacial score (nSPS) is 10.5. The minimum Gasteiger partial charge on any atom is -0.494 e. The molecular weight excluding hydrogens is 424 g/mol. The van der Waals surface area contributed by atoms with E-state index in [4.69, 9.17) is 9.72 Å². The van der Waals surface area contributed by atoms with Crippen molar-refractivity contribution in [3.63, 3.8) is 0 Å². The van der Waals surface area contributed by atoms with E-state index in [1.165, 1.54) is 5.56 Å². The van der Waals surface area contributed by atoms with Gasteiger partial charge in [0, 0.05) is 16.9 Å². The number of thioether (sulfide) groups is 1. The molecule has 164 valence electrons. The molecular formula is C29H26N2OS. The van der Waals surface area contributed by atoms with Crippen LogP contribution in [0.1, 0.15) is 24.5 Å². The molecule has 0 spiro atoms. The number of hydrogen-bond acceptors (Lipinski definition) is 4. The molecule has 0 saturated carbocycles. The van der Waals surface area contributed by atoms with E-state index in [9.17, 15) is 5.26 Å². The van der Waals surface area contributed by atoms with Gasteiger partial charge < -0.3 is 4.74 Å². The maximum absolute atomic E-state index is 9.99. The average Bonchev–Trinajstić information content (AvgIpc) is 2.89. The topological polar surface area (TPSA) is 45.9 Å². The average molecular weight is 451 g/mol. The Balaban J connectivity index is 1.51. The Labute approximate surface area is 200 Å². The molecule has 3 aromatic carbocycles. The van der Waals surface area contributed by atoms with Crippen molar-refractivity contribution in [2.75, 3.05) is 12.4 Å². The van der Waals surface area contributed by atoms with Gasteiger partial charge in [0.2, 0.25) is 0 Å². The van der Waals surface area contributed by atoms with Crippen LogP contribution in [0.3, 0.4) is 0 Å². The van der Waals surface area contributed by atoms with Gasteiger partial charge in [-0.3, -0.25) is 0 Å². The van der Waals surface area contributed by atoms with Crippen LogP contribution in [-0.2, 0) is 6.42 Å². The molecule has 0 saturated heterocycles. The van der Waals surface area contributed by atoms with Gasteiger partial charge >= 0.3 is 0 Å². The van der Waals surface area contributed by atoms with Gasteiger partial charge in [0.1, 0.15) is 16.8 Å². The first-order valence-corrected chi connectivity index (χ1v) is 12.2. The second-order valence-electron chi connectivity index (χ2n) is 7.63. The Morgan fingerprint density at radius 2 is 1.55 bits per heavy atom. The Kier molecular flexibility index (Phi) is 7.79. The lowest BCUT2D eigenvalue weighted by atomic mass is 9.99. The summed E-state index contributed by atoms with van der Waals surface area (Å²) in [7, 11) is 0. The van der Waals surface area contributed by atoms with Crippen LogP contribution in [0.25, 0.3) is 22.4 Å². The summed E-state index contributed by atoms with van der Waals surface area (Å²) >= 11 is 1.62. The van der Waals surface area contributed by atoms with Gasteiger partial charge in [0.25, 0.3) is 0 Å². The third-order valence-corrected chi connectivity index (χ3v) is 6.44. The van der Waals surface area contributed by atoms with Crippen molar-refractivity contribution in [1.82, 2.24) is 4.98 Å². The molecule has 4 heteroatoms. The number of nitrogens with zero attached hydrogens (tertiary/aromatic N) is 2. The van der Waals surface area contributed by atoms with Gasteiger partial charge in [-0.05, 0) is 42.2 Å². The number of aromatic nitrogens is 1. The van der Waals surface area contributed by atoms with Crippen molar-refractivity contribution in [3.05, 3.63) is 102 Å². The fourth-order valence-electron chi connectivity index (χ4n) is 3.58. The molecule has 0 aliphatic carbocycles. The number of aryl methyl sites for hydroxylation is 1. The monoisotopic (exact) mass is 450 g/mol. The second-order valence-corrected chi connectivity index (χ2v) is 8.71. The summed E-state index contributed by atoms with van der Waals surface area (Å²) in [5.41, 5.74) is 5.79. The molecule has 3 nitrogen and oxygen atoms in total. The molecule has 1 heterocycles. The highest BCUT2D eigenvalue weighted by atomic mass is 32.2. The largest absolute Gasteiger partial charge is 0.494 e. The van der Waals surface area contributed by atoms with Gasteiger partial charge in [-0.1, -0.05) is 79.7 Å². The number of benzene rings is 3. The highest BCUT2D eigenvalue weighted by Gasteiger charge is 2.15. The maximum atomic E-state index is 9.99. The zero-order valence-corrected chi connectivity index (χ0v) is 19.5. The highest BCUT2D eigenvalue weighted by Crippen LogP contribution is 2.34. The quantitative estimate of drug-likeness (QED) is 0.197. The van der Waals surface area contributed by atoms with E-state index in [0.29, 0.717) is 12.2 Å². The van der Waals surface area contributed by atoms with Crippen LogP contribution >= 0.6 is 11.8 Å². The van der Waals surface area contributed by atoms with Crippen molar-refractivity contribution >= 4 is 11.8 Å². The molecule has 0 amide bonds. The van der Waals surface area contributed by atoms with Gasteiger partial charge in [-0.2, -0.15) is 5.26 Å². The van der Waals surface area contributed by atoms with E-state index in [1.54, 1.807) is 11.8 Å². The van der Waals surface area contributed by atoms with Crippen LogP contribution in [0.5, 0.6) is 5.75 Å². The lowest BCUT2D eigenvalue weighted by molar-refractivity contribution is 0.318. The van der Waals surface area contributed by atoms with Crippen molar-refractivity contribution in [2.24, 2.45) is 0 Å². The zero-order valence-electron chi connectivity index (χ0n) is 18.7. The highest BCUT2D eigenvalue weighted by molar-refractivity contribution is 7.99. The number of rotatable bonds is 9. The molecule has 4 aromatic rings. The first kappa shape index (κ1) is 22.6. The fraction of sp³-hybridized carbons (Fsp3) is 0.172. The zero-order chi connectivity index (χ0) is 22.9. The van der Waals surface area contributed by atoms with Crippen molar-refractivity contribution in [2.45, 2.75) is 24.8 Å². The van der Waals surface area contributed by atoms with E-state index in [0.717, 1.165) is 51.8 Å².